The average Bonchev–Trinajstić information content (AvgIpc) is 2.39. The van der Waals surface area contributed by atoms with Crippen molar-refractivity contribution in [1.82, 2.24) is 10.6 Å². The van der Waals surface area contributed by atoms with Gasteiger partial charge in [0.25, 0.3) is 0 Å². The highest BCUT2D eigenvalue weighted by atomic mass is 19.1. The van der Waals surface area contributed by atoms with Gasteiger partial charge >= 0.3 is 0 Å². The van der Waals surface area contributed by atoms with Gasteiger partial charge in [-0.05, 0) is 44.0 Å². The molecule has 5 heteroatoms. The summed E-state index contributed by atoms with van der Waals surface area (Å²) in [6.45, 7) is 5.70. The third kappa shape index (κ3) is 4.84. The van der Waals surface area contributed by atoms with E-state index in [1.165, 1.54) is 18.2 Å². The summed E-state index contributed by atoms with van der Waals surface area (Å²) in [6, 6.07) is 5.27. The summed E-state index contributed by atoms with van der Waals surface area (Å²) in [7, 11) is 0. The first-order chi connectivity index (χ1) is 9.43. The Balaban J connectivity index is 2.66. The Labute approximate surface area is 118 Å². The van der Waals surface area contributed by atoms with Gasteiger partial charge in [0.05, 0.1) is 0 Å². The molecule has 0 fully saturated rings. The van der Waals surface area contributed by atoms with E-state index in [-0.39, 0.29) is 17.6 Å². The van der Waals surface area contributed by atoms with E-state index in [2.05, 4.69) is 10.6 Å². The molecule has 0 aromatic heterocycles. The van der Waals surface area contributed by atoms with E-state index in [0.29, 0.717) is 12.1 Å². The molecule has 0 aliphatic rings. The number of halogens is 1. The molecule has 0 radical (unpaired) electrons. The van der Waals surface area contributed by atoms with Crippen LogP contribution in [0.5, 0.6) is 0 Å². The lowest BCUT2D eigenvalue weighted by Gasteiger charge is -2.12. The Kier molecular flexibility index (Phi) is 5.90. The summed E-state index contributed by atoms with van der Waals surface area (Å²) in [4.78, 5) is 23.3. The summed E-state index contributed by atoms with van der Waals surface area (Å²) < 4.78 is 12.8. The molecule has 1 unspecified atom stereocenters. The molecular formula is C15H19FN2O2. The van der Waals surface area contributed by atoms with Gasteiger partial charge in [0.15, 0.2) is 0 Å². The molecule has 2 amide bonds. The summed E-state index contributed by atoms with van der Waals surface area (Å²) in [5.41, 5.74) is 1.46. The molecule has 0 heterocycles. The summed E-state index contributed by atoms with van der Waals surface area (Å²) in [6.07, 6.45) is 1.39. The zero-order chi connectivity index (χ0) is 15.1. The molecule has 1 rings (SSSR count). The smallest absolute Gasteiger partial charge is 0.244 e. The maximum atomic E-state index is 12.8. The predicted octanol–water partition coefficient (Wildman–Crippen LogP) is 1.87. The molecule has 0 spiro atoms. The van der Waals surface area contributed by atoms with Crippen LogP contribution < -0.4 is 10.6 Å². The van der Waals surface area contributed by atoms with Gasteiger partial charge in [0.1, 0.15) is 11.9 Å². The van der Waals surface area contributed by atoms with Gasteiger partial charge < -0.3 is 10.6 Å². The number of amides is 2. The largest absolute Gasteiger partial charge is 0.355 e. The van der Waals surface area contributed by atoms with Crippen molar-refractivity contribution in [3.8, 4) is 0 Å². The Morgan fingerprint density at radius 2 is 1.90 bits per heavy atom. The number of nitrogens with one attached hydrogen (secondary N) is 2. The number of hydrogen-bond donors (Lipinski definition) is 2. The second kappa shape index (κ2) is 7.43. The van der Waals surface area contributed by atoms with E-state index in [9.17, 15) is 14.0 Å². The first kappa shape index (κ1) is 15.9. The van der Waals surface area contributed by atoms with E-state index in [4.69, 9.17) is 0 Å². The van der Waals surface area contributed by atoms with E-state index < -0.39 is 6.04 Å². The second-order valence-corrected chi connectivity index (χ2v) is 4.46. The highest BCUT2D eigenvalue weighted by molar-refractivity contribution is 5.97. The number of carbonyl (C=O) groups excluding carboxylic acids is 2. The third-order valence-corrected chi connectivity index (χ3v) is 2.75. The van der Waals surface area contributed by atoms with Crippen molar-refractivity contribution < 1.29 is 14.0 Å². The van der Waals surface area contributed by atoms with Crippen molar-refractivity contribution in [2.45, 2.75) is 26.8 Å². The van der Waals surface area contributed by atoms with Crippen molar-refractivity contribution in [3.05, 3.63) is 41.7 Å². The summed E-state index contributed by atoms with van der Waals surface area (Å²) in [5, 5.41) is 5.20. The van der Waals surface area contributed by atoms with Crippen LogP contribution in [-0.4, -0.2) is 24.4 Å². The van der Waals surface area contributed by atoms with Crippen molar-refractivity contribution >= 4 is 17.4 Å². The predicted molar refractivity (Wildman–Crippen MR) is 76.3 cm³/mol. The van der Waals surface area contributed by atoms with Crippen LogP contribution in [0.4, 0.5) is 4.39 Å². The van der Waals surface area contributed by atoms with E-state index >= 15 is 0 Å². The van der Waals surface area contributed by atoms with E-state index in [0.717, 1.165) is 5.56 Å². The van der Waals surface area contributed by atoms with Gasteiger partial charge in [-0.2, -0.15) is 0 Å². The van der Waals surface area contributed by atoms with E-state index in [1.807, 2.05) is 6.92 Å². The Morgan fingerprint density at radius 3 is 2.45 bits per heavy atom. The number of carbonyl (C=O) groups is 2. The first-order valence-corrected chi connectivity index (χ1v) is 6.46. The van der Waals surface area contributed by atoms with Gasteiger partial charge in [-0.25, -0.2) is 4.39 Å². The molecule has 2 N–H and O–H groups in total. The van der Waals surface area contributed by atoms with Crippen molar-refractivity contribution in [1.29, 1.82) is 0 Å². The quantitative estimate of drug-likeness (QED) is 0.808. The first-order valence-electron chi connectivity index (χ1n) is 6.46. The van der Waals surface area contributed by atoms with Crippen LogP contribution in [0.15, 0.2) is 30.3 Å². The standard InChI is InChI=1S/C15H19FN2O2/c1-4-17-15(20)11(3)18-14(19)9-10(2)12-5-7-13(16)8-6-12/h5-9,11H,4H2,1-3H3,(H,17,20)(H,18,19)/b10-9+. The maximum absolute atomic E-state index is 12.8. The minimum absolute atomic E-state index is 0.228. The lowest BCUT2D eigenvalue weighted by molar-refractivity contribution is -0.126. The van der Waals surface area contributed by atoms with Gasteiger partial charge in [0.2, 0.25) is 11.8 Å². The van der Waals surface area contributed by atoms with Crippen LogP contribution in [0.3, 0.4) is 0 Å². The van der Waals surface area contributed by atoms with Gasteiger partial charge in [-0.15, -0.1) is 0 Å². The molecule has 1 atom stereocenters. The highest BCUT2D eigenvalue weighted by Gasteiger charge is 2.13. The normalized spacial score (nSPS) is 12.7. The summed E-state index contributed by atoms with van der Waals surface area (Å²) in [5.74, 6) is -0.907. The molecule has 0 aliphatic heterocycles. The van der Waals surface area contributed by atoms with Crippen LogP contribution in [0.1, 0.15) is 26.3 Å². The highest BCUT2D eigenvalue weighted by Crippen LogP contribution is 2.13. The van der Waals surface area contributed by atoms with Crippen molar-refractivity contribution in [2.24, 2.45) is 0 Å². The van der Waals surface area contributed by atoms with Gasteiger partial charge in [-0.1, -0.05) is 12.1 Å². The topological polar surface area (TPSA) is 58.2 Å². The zero-order valence-electron chi connectivity index (χ0n) is 11.9. The molecule has 1 aromatic rings. The molecule has 108 valence electrons. The molecular weight excluding hydrogens is 259 g/mol. The number of benzene rings is 1. The number of allylic oxidation sites excluding steroid dienone is 1. The number of likely N-dealkylation sites (N-methyl/N-ethyl adjacent to an activating group) is 1. The maximum Gasteiger partial charge on any atom is 0.244 e. The minimum Gasteiger partial charge on any atom is -0.355 e. The third-order valence-electron chi connectivity index (χ3n) is 2.75. The molecule has 0 aliphatic carbocycles. The minimum atomic E-state index is -0.597. The molecule has 1 aromatic carbocycles. The average molecular weight is 278 g/mol. The van der Waals surface area contributed by atoms with Crippen molar-refractivity contribution in [3.63, 3.8) is 0 Å². The fraction of sp³-hybridized carbons (Fsp3) is 0.333. The second-order valence-electron chi connectivity index (χ2n) is 4.46. The van der Waals surface area contributed by atoms with Crippen molar-refractivity contribution in [2.75, 3.05) is 6.54 Å². The van der Waals surface area contributed by atoms with Crippen LogP contribution >= 0.6 is 0 Å². The van der Waals surface area contributed by atoms with Crippen LogP contribution in [0.2, 0.25) is 0 Å². The fourth-order valence-electron chi connectivity index (χ4n) is 1.64. The molecule has 4 nitrogen and oxygen atoms in total. The van der Waals surface area contributed by atoms with Crippen LogP contribution in [0.25, 0.3) is 5.57 Å². The lowest BCUT2D eigenvalue weighted by atomic mass is 10.1. The van der Waals surface area contributed by atoms with Gasteiger partial charge in [0, 0.05) is 12.6 Å². The Hall–Kier alpha value is -2.17. The van der Waals surface area contributed by atoms with Crippen LogP contribution in [-0.2, 0) is 9.59 Å². The van der Waals surface area contributed by atoms with Crippen LogP contribution in [0, 0.1) is 5.82 Å². The molecule has 20 heavy (non-hydrogen) atoms. The molecule has 0 saturated carbocycles. The monoisotopic (exact) mass is 278 g/mol. The number of hydrogen-bond acceptors (Lipinski definition) is 2. The number of rotatable bonds is 5. The zero-order valence-corrected chi connectivity index (χ0v) is 11.9. The lowest BCUT2D eigenvalue weighted by Crippen LogP contribution is -2.44. The Bertz CT molecular complexity index is 509. The molecule has 0 saturated heterocycles. The Morgan fingerprint density at radius 1 is 1.30 bits per heavy atom. The fourth-order valence-corrected chi connectivity index (χ4v) is 1.64. The van der Waals surface area contributed by atoms with E-state index in [1.54, 1.807) is 26.0 Å². The summed E-state index contributed by atoms with van der Waals surface area (Å²) >= 11 is 0. The SMILES string of the molecule is CCNC(=O)C(C)NC(=O)/C=C(\C)c1ccc(F)cc1. The molecule has 0 bridgehead atoms. The van der Waals surface area contributed by atoms with Gasteiger partial charge in [-0.3, -0.25) is 9.59 Å².